The molecule has 2 saturated heterocycles. The van der Waals surface area contributed by atoms with Crippen molar-refractivity contribution in [2.75, 3.05) is 13.1 Å². The number of fused-ring (bicyclic) bond motifs is 1. The molecule has 8 nitrogen and oxygen atoms in total. The van der Waals surface area contributed by atoms with Crippen molar-refractivity contribution in [3.8, 4) is 0 Å². The molecule has 4 amide bonds. The summed E-state index contributed by atoms with van der Waals surface area (Å²) in [6.07, 6.45) is 2.40. The highest BCUT2D eigenvalue weighted by Crippen LogP contribution is 2.31. The summed E-state index contributed by atoms with van der Waals surface area (Å²) < 4.78 is 0. The van der Waals surface area contributed by atoms with E-state index in [1.165, 1.54) is 5.56 Å². The molecule has 0 bridgehead atoms. The maximum atomic E-state index is 13.0. The van der Waals surface area contributed by atoms with E-state index < -0.39 is 23.8 Å². The SMILES string of the molecule is NCc1ccc(C2CCN(Cc3ccc4c(c3)C(=O)N(C3CCC(=O)NC3=O)C4=O)CC2)cc1. The van der Waals surface area contributed by atoms with Gasteiger partial charge in [-0.05, 0) is 67.1 Å². The lowest BCUT2D eigenvalue weighted by atomic mass is 9.89. The van der Waals surface area contributed by atoms with Crippen LogP contribution in [-0.2, 0) is 22.7 Å². The Balaban J connectivity index is 1.23. The van der Waals surface area contributed by atoms with E-state index in [0.717, 1.165) is 42.0 Å². The van der Waals surface area contributed by atoms with Crippen molar-refractivity contribution in [1.82, 2.24) is 15.1 Å². The third-order valence-electron chi connectivity index (χ3n) is 7.18. The maximum absolute atomic E-state index is 13.0. The number of nitrogens with zero attached hydrogens (tertiary/aromatic N) is 2. The summed E-state index contributed by atoms with van der Waals surface area (Å²) >= 11 is 0. The van der Waals surface area contributed by atoms with Crippen LogP contribution in [0.2, 0.25) is 0 Å². The molecule has 0 saturated carbocycles. The fourth-order valence-corrected chi connectivity index (χ4v) is 5.23. The number of imide groups is 2. The van der Waals surface area contributed by atoms with Gasteiger partial charge in [-0.1, -0.05) is 30.3 Å². The molecule has 0 radical (unpaired) electrons. The standard InChI is InChI=1S/C26H28N4O4/c27-14-16-1-4-18(5-2-16)19-9-11-29(12-10-19)15-17-3-6-20-21(13-17)26(34)30(25(20)33)22-7-8-23(31)28-24(22)32/h1-6,13,19,22H,7-12,14-15,27H2,(H,28,31,32). The number of hydrogen-bond donors (Lipinski definition) is 2. The highest BCUT2D eigenvalue weighted by atomic mass is 16.2. The predicted molar refractivity (Wildman–Crippen MR) is 125 cm³/mol. The molecule has 8 heteroatoms. The Bertz CT molecular complexity index is 1150. The third-order valence-corrected chi connectivity index (χ3v) is 7.18. The molecule has 3 N–H and O–H groups in total. The minimum absolute atomic E-state index is 0.113. The van der Waals surface area contributed by atoms with Crippen molar-refractivity contribution >= 4 is 23.6 Å². The van der Waals surface area contributed by atoms with Gasteiger partial charge in [-0.2, -0.15) is 0 Å². The first-order valence-electron chi connectivity index (χ1n) is 11.8. The molecule has 1 unspecified atom stereocenters. The van der Waals surface area contributed by atoms with E-state index in [-0.39, 0.29) is 18.7 Å². The number of likely N-dealkylation sites (tertiary alicyclic amines) is 1. The molecule has 2 aromatic carbocycles. The summed E-state index contributed by atoms with van der Waals surface area (Å²) in [6, 6.07) is 13.0. The number of hydrogen-bond acceptors (Lipinski definition) is 6. The van der Waals surface area contributed by atoms with Gasteiger partial charge in [0.1, 0.15) is 6.04 Å². The summed E-state index contributed by atoms with van der Waals surface area (Å²) in [4.78, 5) is 53.0. The molecule has 1 atom stereocenters. The number of amides is 4. The Morgan fingerprint density at radius 1 is 0.853 bits per heavy atom. The lowest BCUT2D eigenvalue weighted by molar-refractivity contribution is -0.136. The van der Waals surface area contributed by atoms with E-state index in [4.69, 9.17) is 5.73 Å². The summed E-state index contributed by atoms with van der Waals surface area (Å²) in [6.45, 7) is 3.16. The van der Waals surface area contributed by atoms with E-state index in [0.29, 0.717) is 30.1 Å². The number of benzene rings is 2. The van der Waals surface area contributed by atoms with Gasteiger partial charge in [-0.25, -0.2) is 0 Å². The van der Waals surface area contributed by atoms with Gasteiger partial charge in [0.25, 0.3) is 11.8 Å². The van der Waals surface area contributed by atoms with Crippen molar-refractivity contribution in [1.29, 1.82) is 0 Å². The van der Waals surface area contributed by atoms with Crippen LogP contribution in [0.3, 0.4) is 0 Å². The maximum Gasteiger partial charge on any atom is 0.262 e. The summed E-state index contributed by atoms with van der Waals surface area (Å²) in [5.41, 5.74) is 9.81. The van der Waals surface area contributed by atoms with Crippen molar-refractivity contribution in [2.45, 2.75) is 50.7 Å². The molecule has 3 aliphatic rings. The fraction of sp³-hybridized carbons (Fsp3) is 0.385. The van der Waals surface area contributed by atoms with E-state index in [1.54, 1.807) is 12.1 Å². The van der Waals surface area contributed by atoms with Crippen LogP contribution in [-0.4, -0.2) is 52.6 Å². The highest BCUT2D eigenvalue weighted by Gasteiger charge is 2.44. The number of carbonyl (C=O) groups excluding carboxylic acids is 4. The molecule has 0 aliphatic carbocycles. The normalized spacial score (nSPS) is 21.7. The quantitative estimate of drug-likeness (QED) is 0.660. The van der Waals surface area contributed by atoms with Crippen LogP contribution in [0.1, 0.15) is 69.0 Å². The first-order valence-corrected chi connectivity index (χ1v) is 11.8. The molecule has 176 valence electrons. The number of rotatable bonds is 5. The number of piperidine rings is 2. The average molecular weight is 461 g/mol. The second kappa shape index (κ2) is 9.12. The summed E-state index contributed by atoms with van der Waals surface area (Å²) in [7, 11) is 0. The number of carbonyl (C=O) groups is 4. The topological polar surface area (TPSA) is 113 Å². The number of nitrogens with two attached hydrogens (primary N) is 1. The molecular formula is C26H28N4O4. The Hall–Kier alpha value is -3.36. The first kappa shape index (κ1) is 22.4. The third kappa shape index (κ3) is 4.15. The van der Waals surface area contributed by atoms with Crippen molar-refractivity contribution in [3.63, 3.8) is 0 Å². The fourth-order valence-electron chi connectivity index (χ4n) is 5.23. The van der Waals surface area contributed by atoms with Crippen LogP contribution >= 0.6 is 0 Å². The summed E-state index contributed by atoms with van der Waals surface area (Å²) in [5.74, 6) is -1.37. The Labute approximate surface area is 198 Å². The van der Waals surface area contributed by atoms with Gasteiger partial charge in [0, 0.05) is 19.5 Å². The molecule has 0 aromatic heterocycles. The average Bonchev–Trinajstić information content (AvgIpc) is 3.09. The monoisotopic (exact) mass is 460 g/mol. The zero-order valence-electron chi connectivity index (χ0n) is 19.0. The minimum atomic E-state index is -0.938. The van der Waals surface area contributed by atoms with Gasteiger partial charge in [-0.3, -0.25) is 34.3 Å². The lowest BCUT2D eigenvalue weighted by Crippen LogP contribution is -2.54. The Morgan fingerprint density at radius 3 is 2.21 bits per heavy atom. The van der Waals surface area contributed by atoms with Crippen LogP contribution in [0.4, 0.5) is 0 Å². The van der Waals surface area contributed by atoms with E-state index in [2.05, 4.69) is 34.5 Å². The zero-order valence-corrected chi connectivity index (χ0v) is 19.0. The molecule has 0 spiro atoms. The molecule has 3 aliphatic heterocycles. The smallest absolute Gasteiger partial charge is 0.262 e. The van der Waals surface area contributed by atoms with Crippen molar-refractivity contribution in [3.05, 3.63) is 70.3 Å². The van der Waals surface area contributed by atoms with Gasteiger partial charge in [0.05, 0.1) is 11.1 Å². The van der Waals surface area contributed by atoms with Crippen LogP contribution < -0.4 is 11.1 Å². The minimum Gasteiger partial charge on any atom is -0.326 e. The second-order valence-electron chi connectivity index (χ2n) is 9.32. The summed E-state index contributed by atoms with van der Waals surface area (Å²) in [5, 5.41) is 2.22. The van der Waals surface area contributed by atoms with Gasteiger partial charge >= 0.3 is 0 Å². The van der Waals surface area contributed by atoms with Gasteiger partial charge in [0.2, 0.25) is 11.8 Å². The van der Waals surface area contributed by atoms with E-state index >= 15 is 0 Å². The van der Waals surface area contributed by atoms with Gasteiger partial charge < -0.3 is 5.73 Å². The lowest BCUT2D eigenvalue weighted by Gasteiger charge is -2.32. The largest absolute Gasteiger partial charge is 0.326 e. The molecule has 2 fully saturated rings. The van der Waals surface area contributed by atoms with Crippen LogP contribution in [0, 0.1) is 0 Å². The van der Waals surface area contributed by atoms with Crippen LogP contribution in [0.25, 0.3) is 0 Å². The van der Waals surface area contributed by atoms with Gasteiger partial charge in [-0.15, -0.1) is 0 Å². The Morgan fingerprint density at radius 2 is 1.53 bits per heavy atom. The Kier molecular flexibility index (Phi) is 6.02. The molecule has 5 rings (SSSR count). The molecule has 2 aromatic rings. The van der Waals surface area contributed by atoms with Crippen molar-refractivity contribution < 1.29 is 19.2 Å². The first-order chi connectivity index (χ1) is 16.4. The van der Waals surface area contributed by atoms with E-state index in [1.807, 2.05) is 6.07 Å². The second-order valence-corrected chi connectivity index (χ2v) is 9.32. The highest BCUT2D eigenvalue weighted by molar-refractivity contribution is 6.23. The number of nitrogens with one attached hydrogen (secondary N) is 1. The molecule has 3 heterocycles. The molecule has 34 heavy (non-hydrogen) atoms. The zero-order chi connectivity index (χ0) is 23.8. The van der Waals surface area contributed by atoms with Gasteiger partial charge in [0.15, 0.2) is 0 Å². The van der Waals surface area contributed by atoms with Crippen molar-refractivity contribution in [2.24, 2.45) is 5.73 Å². The predicted octanol–water partition coefficient (Wildman–Crippen LogP) is 1.93. The molecular weight excluding hydrogens is 432 g/mol. The van der Waals surface area contributed by atoms with Crippen LogP contribution in [0.5, 0.6) is 0 Å². The van der Waals surface area contributed by atoms with E-state index in [9.17, 15) is 19.2 Å². The van der Waals surface area contributed by atoms with Crippen LogP contribution in [0.15, 0.2) is 42.5 Å².